The van der Waals surface area contributed by atoms with Crippen molar-refractivity contribution in [1.82, 2.24) is 0 Å². The molecule has 1 saturated carbocycles. The Balaban J connectivity index is 2.30. The van der Waals surface area contributed by atoms with E-state index in [4.69, 9.17) is 4.74 Å². The number of aryl methyl sites for hydroxylation is 2. The molecule has 1 aliphatic carbocycles. The predicted octanol–water partition coefficient (Wildman–Crippen LogP) is 4.47. The normalized spacial score (nSPS) is 20.6. The van der Waals surface area contributed by atoms with Crippen LogP contribution in [-0.4, -0.2) is 18.5 Å². The molecule has 0 bridgehead atoms. The number of benzene rings is 1. The van der Waals surface area contributed by atoms with Crippen LogP contribution in [0.4, 0.5) is 0 Å². The number of carbonyl (C=O) groups is 1. The van der Waals surface area contributed by atoms with E-state index in [1.54, 1.807) is 7.11 Å². The Bertz CT molecular complexity index is 504. The molecule has 1 aromatic carbocycles. The average Bonchev–Trinajstić information content (AvgIpc) is 2.39. The molecular formula is C18H26O2. The van der Waals surface area contributed by atoms with Gasteiger partial charge in [0.2, 0.25) is 0 Å². The van der Waals surface area contributed by atoms with Gasteiger partial charge in [-0.25, -0.2) is 0 Å². The van der Waals surface area contributed by atoms with Crippen molar-refractivity contribution in [2.45, 2.75) is 59.0 Å². The fourth-order valence-electron chi connectivity index (χ4n) is 3.17. The molecule has 0 heterocycles. The number of hydrogen-bond acceptors (Lipinski definition) is 2. The fourth-order valence-corrected chi connectivity index (χ4v) is 3.17. The van der Waals surface area contributed by atoms with Crippen molar-refractivity contribution in [3.8, 4) is 0 Å². The van der Waals surface area contributed by atoms with E-state index >= 15 is 0 Å². The Morgan fingerprint density at radius 3 is 2.20 bits per heavy atom. The van der Waals surface area contributed by atoms with Gasteiger partial charge in [0.15, 0.2) is 5.78 Å². The standard InChI is InChI=1S/C18H26O2/c1-13-6-7-15(14(2)12-13)16(19)18(20-5)10-8-17(3,4)9-11-18/h6-7,12H,8-11H2,1-5H3. The second kappa shape index (κ2) is 5.33. The van der Waals surface area contributed by atoms with Crippen molar-refractivity contribution in [2.24, 2.45) is 5.41 Å². The van der Waals surface area contributed by atoms with Crippen LogP contribution in [0.25, 0.3) is 0 Å². The molecule has 0 unspecified atom stereocenters. The summed E-state index contributed by atoms with van der Waals surface area (Å²) in [6.45, 7) is 8.61. The Morgan fingerprint density at radius 1 is 1.10 bits per heavy atom. The van der Waals surface area contributed by atoms with Gasteiger partial charge in [-0.15, -0.1) is 0 Å². The van der Waals surface area contributed by atoms with E-state index in [-0.39, 0.29) is 5.78 Å². The first-order valence-corrected chi connectivity index (χ1v) is 7.47. The molecule has 2 rings (SSSR count). The van der Waals surface area contributed by atoms with Crippen molar-refractivity contribution in [1.29, 1.82) is 0 Å². The maximum atomic E-state index is 13.0. The molecule has 0 saturated heterocycles. The second-order valence-electron chi connectivity index (χ2n) is 7.01. The van der Waals surface area contributed by atoms with Crippen molar-refractivity contribution < 1.29 is 9.53 Å². The molecule has 1 fully saturated rings. The van der Waals surface area contributed by atoms with Crippen LogP contribution in [0.5, 0.6) is 0 Å². The summed E-state index contributed by atoms with van der Waals surface area (Å²) < 4.78 is 5.72. The lowest BCUT2D eigenvalue weighted by Crippen LogP contribution is -2.45. The lowest BCUT2D eigenvalue weighted by atomic mass is 9.68. The summed E-state index contributed by atoms with van der Waals surface area (Å²) in [5.41, 5.74) is 2.77. The molecule has 0 amide bonds. The Kier molecular flexibility index (Phi) is 4.06. The first kappa shape index (κ1) is 15.2. The van der Waals surface area contributed by atoms with E-state index in [0.29, 0.717) is 5.41 Å². The highest BCUT2D eigenvalue weighted by atomic mass is 16.5. The predicted molar refractivity (Wildman–Crippen MR) is 82.2 cm³/mol. The first-order valence-electron chi connectivity index (χ1n) is 7.47. The van der Waals surface area contributed by atoms with E-state index < -0.39 is 5.60 Å². The number of methoxy groups -OCH3 is 1. The molecule has 0 spiro atoms. The average molecular weight is 274 g/mol. The second-order valence-corrected chi connectivity index (χ2v) is 7.01. The minimum atomic E-state index is -0.616. The highest BCUT2D eigenvalue weighted by Gasteiger charge is 2.44. The maximum absolute atomic E-state index is 13.0. The monoisotopic (exact) mass is 274 g/mol. The van der Waals surface area contributed by atoms with Crippen molar-refractivity contribution >= 4 is 5.78 Å². The highest BCUT2D eigenvalue weighted by Crippen LogP contribution is 2.43. The molecule has 0 N–H and O–H groups in total. The third-order valence-corrected chi connectivity index (χ3v) is 4.84. The Hall–Kier alpha value is -1.15. The van der Waals surface area contributed by atoms with Crippen molar-refractivity contribution in [3.05, 3.63) is 34.9 Å². The molecule has 0 atom stereocenters. The molecule has 20 heavy (non-hydrogen) atoms. The van der Waals surface area contributed by atoms with Crippen molar-refractivity contribution in [2.75, 3.05) is 7.11 Å². The maximum Gasteiger partial charge on any atom is 0.194 e. The number of carbonyl (C=O) groups excluding carboxylic acids is 1. The van der Waals surface area contributed by atoms with Gasteiger partial charge in [0.05, 0.1) is 0 Å². The third kappa shape index (κ3) is 2.80. The third-order valence-electron chi connectivity index (χ3n) is 4.84. The van der Waals surface area contributed by atoms with Gasteiger partial charge in [0, 0.05) is 12.7 Å². The van der Waals surface area contributed by atoms with E-state index in [0.717, 1.165) is 36.8 Å². The van der Waals surface area contributed by atoms with Crippen molar-refractivity contribution in [3.63, 3.8) is 0 Å². The van der Waals surface area contributed by atoms with Crippen LogP contribution in [-0.2, 0) is 4.74 Å². The summed E-state index contributed by atoms with van der Waals surface area (Å²) in [6.07, 6.45) is 3.72. The molecule has 0 aliphatic heterocycles. The van der Waals surface area contributed by atoms with E-state index in [9.17, 15) is 4.79 Å². The molecule has 110 valence electrons. The van der Waals surface area contributed by atoms with Crippen LogP contribution in [0, 0.1) is 19.3 Å². The highest BCUT2D eigenvalue weighted by molar-refractivity contribution is 6.03. The van der Waals surface area contributed by atoms with Gasteiger partial charge in [-0.1, -0.05) is 37.6 Å². The number of hydrogen-bond donors (Lipinski definition) is 0. The lowest BCUT2D eigenvalue weighted by Gasteiger charge is -2.41. The number of rotatable bonds is 3. The van der Waals surface area contributed by atoms with Gasteiger partial charge in [0.1, 0.15) is 5.60 Å². The Morgan fingerprint density at radius 2 is 1.70 bits per heavy atom. The number of ether oxygens (including phenoxy) is 1. The van der Waals surface area contributed by atoms with Gasteiger partial charge in [-0.3, -0.25) is 4.79 Å². The summed E-state index contributed by atoms with van der Waals surface area (Å²) in [7, 11) is 1.68. The molecule has 1 aromatic rings. The largest absolute Gasteiger partial charge is 0.370 e. The summed E-state index contributed by atoms with van der Waals surface area (Å²) in [4.78, 5) is 13.0. The van der Waals surface area contributed by atoms with Crippen LogP contribution < -0.4 is 0 Å². The minimum absolute atomic E-state index is 0.160. The summed E-state index contributed by atoms with van der Waals surface area (Å²) in [5.74, 6) is 0.160. The minimum Gasteiger partial charge on any atom is -0.370 e. The van der Waals surface area contributed by atoms with Gasteiger partial charge in [-0.2, -0.15) is 0 Å². The lowest BCUT2D eigenvalue weighted by molar-refractivity contribution is -0.0383. The zero-order chi connectivity index (χ0) is 15.0. The first-order chi connectivity index (χ1) is 9.30. The van der Waals surface area contributed by atoms with Crippen LogP contribution in [0.1, 0.15) is 61.0 Å². The molecule has 2 heteroatoms. The molecule has 0 radical (unpaired) electrons. The number of ketones is 1. The molecule has 2 nitrogen and oxygen atoms in total. The van der Waals surface area contributed by atoms with E-state index in [1.165, 1.54) is 5.56 Å². The quantitative estimate of drug-likeness (QED) is 0.760. The van der Waals surface area contributed by atoms with Gasteiger partial charge in [-0.05, 0) is 50.5 Å². The van der Waals surface area contributed by atoms with Gasteiger partial charge >= 0.3 is 0 Å². The Labute approximate surface area is 122 Å². The van der Waals surface area contributed by atoms with Gasteiger partial charge in [0.25, 0.3) is 0 Å². The molecule has 1 aliphatic rings. The smallest absolute Gasteiger partial charge is 0.194 e. The molecular weight excluding hydrogens is 248 g/mol. The van der Waals surface area contributed by atoms with Crippen LogP contribution >= 0.6 is 0 Å². The molecule has 0 aromatic heterocycles. The fraction of sp³-hybridized carbons (Fsp3) is 0.611. The summed E-state index contributed by atoms with van der Waals surface area (Å²) in [6, 6.07) is 6.03. The van der Waals surface area contributed by atoms with Crippen LogP contribution in [0.2, 0.25) is 0 Å². The topological polar surface area (TPSA) is 26.3 Å². The van der Waals surface area contributed by atoms with E-state index in [1.807, 2.05) is 19.1 Å². The zero-order valence-electron chi connectivity index (χ0n) is 13.4. The SMILES string of the molecule is COC1(C(=O)c2ccc(C)cc2C)CCC(C)(C)CC1. The van der Waals surface area contributed by atoms with Crippen LogP contribution in [0.3, 0.4) is 0 Å². The summed E-state index contributed by atoms with van der Waals surface area (Å²) in [5, 5.41) is 0. The zero-order valence-corrected chi connectivity index (χ0v) is 13.4. The van der Waals surface area contributed by atoms with Crippen LogP contribution in [0.15, 0.2) is 18.2 Å². The summed E-state index contributed by atoms with van der Waals surface area (Å²) >= 11 is 0. The van der Waals surface area contributed by atoms with E-state index in [2.05, 4.69) is 26.8 Å². The number of Topliss-reactive ketones (excluding diaryl/α,β-unsaturated/α-hetero) is 1. The van der Waals surface area contributed by atoms with Gasteiger partial charge < -0.3 is 4.74 Å².